The molecule has 0 aromatic carbocycles. The van der Waals surface area contributed by atoms with E-state index >= 15 is 0 Å². The van der Waals surface area contributed by atoms with Crippen molar-refractivity contribution >= 4 is 24.6 Å². The molecule has 2 rings (SSSR count). The van der Waals surface area contributed by atoms with Crippen LogP contribution in [0.1, 0.15) is 47.1 Å². The van der Waals surface area contributed by atoms with Crippen LogP contribution in [0.5, 0.6) is 0 Å². The van der Waals surface area contributed by atoms with Crippen LogP contribution in [0.25, 0.3) is 11.1 Å². The molecule has 0 saturated carbocycles. The van der Waals surface area contributed by atoms with Crippen molar-refractivity contribution in [2.75, 3.05) is 0 Å². The Labute approximate surface area is 127 Å². The summed E-state index contributed by atoms with van der Waals surface area (Å²) in [5.74, 6) is -0.441. The fraction of sp³-hybridized carbons (Fsp3) is 0.588. The number of halogens is 1. The largest absolute Gasteiger partial charge is 0.464 e. The Morgan fingerprint density at radius 2 is 1.52 bits per heavy atom. The topological polar surface area (TPSA) is 26.0 Å². The van der Waals surface area contributed by atoms with Crippen molar-refractivity contribution in [1.29, 1.82) is 0 Å². The molecule has 0 aliphatic carbocycles. The van der Waals surface area contributed by atoms with E-state index in [1.165, 1.54) is 6.07 Å². The quantitative estimate of drug-likeness (QED) is 0.576. The van der Waals surface area contributed by atoms with Crippen LogP contribution in [-0.2, 0) is 0 Å². The van der Waals surface area contributed by atoms with Gasteiger partial charge in [-0.05, 0) is 35.7 Å². The van der Waals surface area contributed by atoms with Gasteiger partial charge in [0, 0.05) is 5.56 Å². The Balaban J connectivity index is 2.80. The molecule has 0 aliphatic heterocycles. The highest BCUT2D eigenvalue weighted by Crippen LogP contribution is 2.42. The lowest BCUT2D eigenvalue weighted by Gasteiger charge is -2.41. The van der Waals surface area contributed by atoms with Gasteiger partial charge in [0.25, 0.3) is 0 Å². The summed E-state index contributed by atoms with van der Waals surface area (Å²) in [5, 5.41) is 1.11. The number of rotatable bonds is 4. The summed E-state index contributed by atoms with van der Waals surface area (Å²) in [6.45, 7) is 15.8. The Morgan fingerprint density at radius 1 is 1.00 bits per heavy atom. The maximum Gasteiger partial charge on any atom is 0.213 e. The first-order valence-corrected chi connectivity index (χ1v) is 10.0. The van der Waals surface area contributed by atoms with E-state index in [1.54, 1.807) is 6.07 Å². The summed E-state index contributed by atoms with van der Waals surface area (Å²) < 4.78 is 19.7. The van der Waals surface area contributed by atoms with E-state index in [-0.39, 0.29) is 0 Å². The molecule has 2 nitrogen and oxygen atoms in total. The normalized spacial score (nSPS) is 13.1. The van der Waals surface area contributed by atoms with Gasteiger partial charge < -0.3 is 4.42 Å². The number of pyridine rings is 1. The molecule has 21 heavy (non-hydrogen) atoms. The van der Waals surface area contributed by atoms with E-state index in [0.29, 0.717) is 27.7 Å². The second kappa shape index (κ2) is 5.56. The van der Waals surface area contributed by atoms with Gasteiger partial charge >= 0.3 is 0 Å². The van der Waals surface area contributed by atoms with Crippen molar-refractivity contribution < 1.29 is 8.81 Å². The van der Waals surface area contributed by atoms with Gasteiger partial charge in [-0.2, -0.15) is 4.39 Å². The lowest BCUT2D eigenvalue weighted by atomic mass is 10.3. The maximum atomic E-state index is 13.5. The third-order valence-electron chi connectivity index (χ3n) is 4.99. The maximum absolute atomic E-state index is 13.5. The van der Waals surface area contributed by atoms with E-state index in [9.17, 15) is 4.39 Å². The minimum absolute atomic E-state index is 0.441. The SMILES string of the molecule is Cc1c([Si](C(C)C)(C(C)C)C(C)C)oc2ccc(F)nc12. The fourth-order valence-corrected chi connectivity index (χ4v) is 10.9. The van der Waals surface area contributed by atoms with Crippen molar-refractivity contribution in [3.63, 3.8) is 0 Å². The molecule has 0 saturated heterocycles. The van der Waals surface area contributed by atoms with Crippen molar-refractivity contribution in [2.45, 2.75) is 65.1 Å². The minimum Gasteiger partial charge on any atom is -0.464 e. The van der Waals surface area contributed by atoms with Crippen molar-refractivity contribution in [2.24, 2.45) is 0 Å². The zero-order valence-corrected chi connectivity index (χ0v) is 15.1. The third kappa shape index (κ3) is 2.33. The molecule has 0 aliphatic rings. The molecule has 0 radical (unpaired) electrons. The molecule has 0 atom stereocenters. The van der Waals surface area contributed by atoms with Crippen LogP contribution in [0.15, 0.2) is 16.5 Å². The Hall–Kier alpha value is -1.16. The summed E-state index contributed by atoms with van der Waals surface area (Å²) in [6.07, 6.45) is 0. The average molecular weight is 307 g/mol. The molecular weight excluding hydrogens is 281 g/mol. The van der Waals surface area contributed by atoms with Gasteiger partial charge in [-0.25, -0.2) is 4.98 Å². The lowest BCUT2D eigenvalue weighted by molar-refractivity contribution is 0.585. The molecule has 0 unspecified atom stereocenters. The predicted molar refractivity (Wildman–Crippen MR) is 89.4 cm³/mol. The third-order valence-corrected chi connectivity index (χ3v) is 12.0. The number of hydrogen-bond donors (Lipinski definition) is 0. The highest BCUT2D eigenvalue weighted by atomic mass is 28.3. The lowest BCUT2D eigenvalue weighted by Crippen LogP contribution is -2.56. The van der Waals surface area contributed by atoms with Crippen LogP contribution in [0.3, 0.4) is 0 Å². The molecule has 2 aromatic rings. The van der Waals surface area contributed by atoms with E-state index in [1.807, 2.05) is 6.92 Å². The van der Waals surface area contributed by atoms with Gasteiger partial charge in [-0.15, -0.1) is 0 Å². The number of nitrogens with zero attached hydrogens (tertiary/aromatic N) is 1. The highest BCUT2D eigenvalue weighted by molar-refractivity contribution is 6.94. The zero-order chi connectivity index (χ0) is 15.9. The van der Waals surface area contributed by atoms with Gasteiger partial charge in [-0.1, -0.05) is 41.5 Å². The first-order chi connectivity index (χ1) is 9.72. The van der Waals surface area contributed by atoms with Crippen LogP contribution in [0.2, 0.25) is 16.6 Å². The molecule has 0 bridgehead atoms. The van der Waals surface area contributed by atoms with Crippen LogP contribution in [0, 0.1) is 12.9 Å². The smallest absolute Gasteiger partial charge is 0.213 e. The van der Waals surface area contributed by atoms with Crippen LogP contribution < -0.4 is 5.38 Å². The minimum atomic E-state index is -1.88. The van der Waals surface area contributed by atoms with E-state index in [2.05, 4.69) is 46.5 Å². The number of aromatic nitrogens is 1. The van der Waals surface area contributed by atoms with Gasteiger partial charge in [0.15, 0.2) is 5.58 Å². The average Bonchev–Trinajstić information content (AvgIpc) is 2.67. The molecule has 0 N–H and O–H groups in total. The molecule has 2 aromatic heterocycles. The van der Waals surface area contributed by atoms with Crippen molar-refractivity contribution in [3.8, 4) is 0 Å². The Bertz CT molecular complexity index is 624. The van der Waals surface area contributed by atoms with Crippen molar-refractivity contribution in [1.82, 2.24) is 4.98 Å². The summed E-state index contributed by atoms with van der Waals surface area (Å²) in [7, 11) is -1.88. The fourth-order valence-electron chi connectivity index (χ4n) is 4.27. The molecule has 0 fully saturated rings. The molecular formula is C17H26FNOSi. The van der Waals surface area contributed by atoms with Gasteiger partial charge in [-0.3, -0.25) is 0 Å². The van der Waals surface area contributed by atoms with Crippen molar-refractivity contribution in [3.05, 3.63) is 23.6 Å². The van der Waals surface area contributed by atoms with Gasteiger partial charge in [0.1, 0.15) is 13.6 Å². The standard InChI is InChI=1S/C17H26FNOSi/c1-10(2)21(11(3)4,12(5)6)17-13(7)16-14(20-17)8-9-15(18)19-16/h8-12H,1-7H3. The van der Waals surface area contributed by atoms with E-state index in [4.69, 9.17) is 4.42 Å². The van der Waals surface area contributed by atoms with Gasteiger partial charge in [0.05, 0.1) is 5.38 Å². The number of hydrogen-bond acceptors (Lipinski definition) is 2. The predicted octanol–water partition coefficient (Wildman–Crippen LogP) is 5.16. The molecule has 0 amide bonds. The first-order valence-electron chi connectivity index (χ1n) is 7.79. The van der Waals surface area contributed by atoms with Crippen LogP contribution in [-0.4, -0.2) is 13.1 Å². The molecule has 2 heterocycles. The number of fused-ring (bicyclic) bond motifs is 1. The molecule has 4 heteroatoms. The summed E-state index contributed by atoms with van der Waals surface area (Å²) in [6, 6.07) is 3.08. The van der Waals surface area contributed by atoms with E-state index < -0.39 is 14.0 Å². The summed E-state index contributed by atoms with van der Waals surface area (Å²) in [4.78, 5) is 4.05. The number of aryl methyl sites for hydroxylation is 1. The number of furan rings is 1. The second-order valence-electron chi connectivity index (χ2n) is 6.93. The van der Waals surface area contributed by atoms with E-state index in [0.717, 1.165) is 10.9 Å². The monoisotopic (exact) mass is 307 g/mol. The zero-order valence-electron chi connectivity index (χ0n) is 14.1. The Kier molecular flexibility index (Phi) is 4.29. The summed E-state index contributed by atoms with van der Waals surface area (Å²) in [5.41, 5.74) is 4.10. The van der Waals surface area contributed by atoms with Crippen LogP contribution >= 0.6 is 0 Å². The molecule has 116 valence electrons. The highest BCUT2D eigenvalue weighted by Gasteiger charge is 2.48. The van der Waals surface area contributed by atoms with Crippen LogP contribution in [0.4, 0.5) is 4.39 Å². The van der Waals surface area contributed by atoms with Gasteiger partial charge in [0.2, 0.25) is 5.95 Å². The Morgan fingerprint density at radius 3 is 2.00 bits per heavy atom. The molecule has 0 spiro atoms. The second-order valence-corrected chi connectivity index (χ2v) is 12.7. The summed E-state index contributed by atoms with van der Waals surface area (Å²) >= 11 is 0. The first kappa shape index (κ1) is 16.2.